The number of carbonyl (C=O) groups excluding carboxylic acids is 3. The van der Waals surface area contributed by atoms with Crippen LogP contribution in [0.1, 0.15) is 22.3 Å². The summed E-state index contributed by atoms with van der Waals surface area (Å²) in [5.41, 5.74) is 1.59. The third kappa shape index (κ3) is 5.94. The summed E-state index contributed by atoms with van der Waals surface area (Å²) in [5, 5.41) is 3.27. The van der Waals surface area contributed by atoms with E-state index in [-0.39, 0.29) is 23.4 Å². The van der Waals surface area contributed by atoms with Crippen LogP contribution in [0.2, 0.25) is 5.02 Å². The summed E-state index contributed by atoms with van der Waals surface area (Å²) < 4.78 is 5.95. The van der Waals surface area contributed by atoms with Crippen molar-refractivity contribution in [2.75, 3.05) is 24.2 Å². The predicted molar refractivity (Wildman–Crippen MR) is 131 cm³/mol. The Labute approximate surface area is 200 Å². The minimum absolute atomic E-state index is 0.00349. The van der Waals surface area contributed by atoms with E-state index in [0.29, 0.717) is 46.4 Å². The van der Waals surface area contributed by atoms with Gasteiger partial charge in [0.2, 0.25) is 5.91 Å². The molecule has 3 aromatic carbocycles. The van der Waals surface area contributed by atoms with Crippen LogP contribution in [-0.4, -0.2) is 40.7 Å². The minimum atomic E-state index is -0.240. The Morgan fingerprint density at radius 1 is 1.00 bits per heavy atom. The molecule has 0 bridgehead atoms. The number of rotatable bonds is 8. The molecule has 1 heterocycles. The molecule has 6 nitrogen and oxygen atoms in total. The minimum Gasteiger partial charge on any atom is -0.455 e. The lowest BCUT2D eigenvalue weighted by Crippen LogP contribution is -2.27. The van der Waals surface area contributed by atoms with Crippen LogP contribution in [0.4, 0.5) is 10.5 Å². The normalized spacial score (nSPS) is 13.1. The van der Waals surface area contributed by atoms with E-state index in [2.05, 4.69) is 5.32 Å². The van der Waals surface area contributed by atoms with Gasteiger partial charge in [-0.15, -0.1) is 0 Å². The lowest BCUT2D eigenvalue weighted by Gasteiger charge is -2.16. The fraction of sp³-hybridized carbons (Fsp3) is 0.160. The molecule has 2 amide bonds. The summed E-state index contributed by atoms with van der Waals surface area (Å²) >= 11 is 7.38. The molecule has 0 radical (unpaired) electrons. The van der Waals surface area contributed by atoms with E-state index >= 15 is 0 Å². The van der Waals surface area contributed by atoms with E-state index in [9.17, 15) is 14.4 Å². The van der Waals surface area contributed by atoms with Crippen LogP contribution in [-0.2, 0) is 4.79 Å². The summed E-state index contributed by atoms with van der Waals surface area (Å²) in [7, 11) is 0. The summed E-state index contributed by atoms with van der Waals surface area (Å²) in [6.07, 6.45) is 0.175. The average molecular weight is 481 g/mol. The standard InChI is InChI=1S/C25H21ClN2O4S/c26-19-8-11-22(21(16-19)27-23(29)12-13-28-14-15-33-25(28)31)32-20-9-6-18(7-10-20)24(30)17-4-2-1-3-5-17/h1-11,16H,12-15H2,(H,27,29). The molecule has 0 aliphatic carbocycles. The number of hydrogen-bond acceptors (Lipinski definition) is 5. The van der Waals surface area contributed by atoms with E-state index in [1.807, 2.05) is 18.2 Å². The maximum absolute atomic E-state index is 12.6. The van der Waals surface area contributed by atoms with Crippen molar-refractivity contribution in [2.24, 2.45) is 0 Å². The van der Waals surface area contributed by atoms with Crippen molar-refractivity contribution < 1.29 is 19.1 Å². The van der Waals surface area contributed by atoms with Crippen LogP contribution < -0.4 is 10.1 Å². The highest BCUT2D eigenvalue weighted by atomic mass is 35.5. The second kappa shape index (κ2) is 10.6. The van der Waals surface area contributed by atoms with Gasteiger partial charge < -0.3 is 15.0 Å². The van der Waals surface area contributed by atoms with Crippen LogP contribution in [0.15, 0.2) is 72.8 Å². The fourth-order valence-electron chi connectivity index (χ4n) is 3.32. The molecule has 33 heavy (non-hydrogen) atoms. The second-order valence-corrected chi connectivity index (χ2v) is 8.84. The summed E-state index contributed by atoms with van der Waals surface area (Å²) in [5.74, 6) is 1.37. The molecule has 8 heteroatoms. The van der Waals surface area contributed by atoms with Crippen LogP contribution in [0.5, 0.6) is 11.5 Å². The number of carbonyl (C=O) groups is 3. The highest BCUT2D eigenvalue weighted by Crippen LogP contribution is 2.32. The molecule has 1 N–H and O–H groups in total. The monoisotopic (exact) mass is 480 g/mol. The SMILES string of the molecule is O=C(CCN1CCSC1=O)Nc1cc(Cl)ccc1Oc1ccc(C(=O)c2ccccc2)cc1. The number of ether oxygens (including phenoxy) is 1. The Hall–Kier alpha value is -3.29. The lowest BCUT2D eigenvalue weighted by atomic mass is 10.0. The smallest absolute Gasteiger partial charge is 0.281 e. The number of nitrogens with zero attached hydrogens (tertiary/aromatic N) is 1. The van der Waals surface area contributed by atoms with Gasteiger partial charge in [-0.1, -0.05) is 53.7 Å². The second-order valence-electron chi connectivity index (χ2n) is 7.36. The van der Waals surface area contributed by atoms with Crippen LogP contribution in [0.25, 0.3) is 0 Å². The van der Waals surface area contributed by atoms with Gasteiger partial charge in [0, 0.05) is 41.4 Å². The van der Waals surface area contributed by atoms with Gasteiger partial charge in [-0.3, -0.25) is 14.4 Å². The number of hydrogen-bond donors (Lipinski definition) is 1. The number of ketones is 1. The highest BCUT2D eigenvalue weighted by Gasteiger charge is 2.21. The topological polar surface area (TPSA) is 75.7 Å². The third-order valence-electron chi connectivity index (χ3n) is 5.05. The summed E-state index contributed by atoms with van der Waals surface area (Å²) in [6, 6.07) is 20.8. The number of anilines is 1. The van der Waals surface area contributed by atoms with Gasteiger partial charge in [0.15, 0.2) is 11.5 Å². The number of halogens is 1. The maximum atomic E-state index is 12.6. The quantitative estimate of drug-likeness (QED) is 0.408. The molecule has 168 valence electrons. The van der Waals surface area contributed by atoms with Gasteiger partial charge in [0.1, 0.15) is 5.75 Å². The summed E-state index contributed by atoms with van der Waals surface area (Å²) in [6.45, 7) is 1.02. The zero-order chi connectivity index (χ0) is 23.2. The first kappa shape index (κ1) is 22.9. The van der Waals surface area contributed by atoms with Crippen LogP contribution in [0.3, 0.4) is 0 Å². The van der Waals surface area contributed by atoms with Gasteiger partial charge in [0.25, 0.3) is 5.24 Å². The Morgan fingerprint density at radius 2 is 1.73 bits per heavy atom. The molecule has 1 saturated heterocycles. The van der Waals surface area contributed by atoms with Gasteiger partial charge in [-0.2, -0.15) is 0 Å². The molecule has 0 spiro atoms. The van der Waals surface area contributed by atoms with Gasteiger partial charge in [0.05, 0.1) is 5.69 Å². The lowest BCUT2D eigenvalue weighted by molar-refractivity contribution is -0.116. The zero-order valence-electron chi connectivity index (χ0n) is 17.6. The number of benzene rings is 3. The molecule has 1 fully saturated rings. The van der Waals surface area contributed by atoms with E-state index in [0.717, 1.165) is 5.75 Å². The molecule has 0 saturated carbocycles. The maximum Gasteiger partial charge on any atom is 0.281 e. The van der Waals surface area contributed by atoms with E-state index < -0.39 is 0 Å². The van der Waals surface area contributed by atoms with Gasteiger partial charge in [-0.05, 0) is 42.5 Å². The third-order valence-corrected chi connectivity index (χ3v) is 6.18. The first-order valence-electron chi connectivity index (χ1n) is 10.4. The molecule has 4 rings (SSSR count). The number of nitrogens with one attached hydrogen (secondary N) is 1. The van der Waals surface area contributed by atoms with Crippen LogP contribution >= 0.6 is 23.4 Å². The largest absolute Gasteiger partial charge is 0.455 e. The average Bonchev–Trinajstić information content (AvgIpc) is 3.24. The first-order chi connectivity index (χ1) is 16.0. The van der Waals surface area contributed by atoms with Crippen molar-refractivity contribution in [1.82, 2.24) is 4.90 Å². The first-order valence-corrected chi connectivity index (χ1v) is 11.7. The van der Waals surface area contributed by atoms with Gasteiger partial charge in [-0.25, -0.2) is 0 Å². The van der Waals surface area contributed by atoms with Crippen molar-refractivity contribution in [3.05, 3.63) is 88.9 Å². The van der Waals surface area contributed by atoms with Crippen molar-refractivity contribution in [3.8, 4) is 11.5 Å². The Bertz CT molecular complexity index is 1170. The van der Waals surface area contributed by atoms with Crippen molar-refractivity contribution >= 4 is 46.0 Å². The predicted octanol–water partition coefficient (Wildman–Crippen LogP) is 5.86. The molecule has 1 aliphatic rings. The molecular formula is C25H21ClN2O4S. The molecule has 1 aliphatic heterocycles. The van der Waals surface area contributed by atoms with E-state index in [4.69, 9.17) is 16.3 Å². The Balaban J connectivity index is 1.42. The van der Waals surface area contributed by atoms with Crippen molar-refractivity contribution in [2.45, 2.75) is 6.42 Å². The molecule has 0 aromatic heterocycles. The highest BCUT2D eigenvalue weighted by molar-refractivity contribution is 8.13. The molecule has 0 atom stereocenters. The fourth-order valence-corrected chi connectivity index (χ4v) is 4.35. The zero-order valence-corrected chi connectivity index (χ0v) is 19.2. The van der Waals surface area contributed by atoms with Crippen molar-refractivity contribution in [1.29, 1.82) is 0 Å². The van der Waals surface area contributed by atoms with Crippen molar-refractivity contribution in [3.63, 3.8) is 0 Å². The number of thioether (sulfide) groups is 1. The van der Waals surface area contributed by atoms with E-state index in [1.165, 1.54) is 11.8 Å². The molecule has 0 unspecified atom stereocenters. The Morgan fingerprint density at radius 3 is 2.42 bits per heavy atom. The molecular weight excluding hydrogens is 460 g/mol. The molecule has 3 aromatic rings. The number of amides is 2. The summed E-state index contributed by atoms with van der Waals surface area (Å²) in [4.78, 5) is 38.4. The van der Waals surface area contributed by atoms with E-state index in [1.54, 1.807) is 59.5 Å². The Kier molecular flexibility index (Phi) is 7.32. The van der Waals surface area contributed by atoms with Gasteiger partial charge >= 0.3 is 0 Å². The van der Waals surface area contributed by atoms with Crippen LogP contribution in [0, 0.1) is 0 Å².